The van der Waals surface area contributed by atoms with E-state index in [4.69, 9.17) is 0 Å². The van der Waals surface area contributed by atoms with Gasteiger partial charge in [0.05, 0.1) is 0 Å². The van der Waals surface area contributed by atoms with Crippen LogP contribution in [0.4, 0.5) is 0 Å². The maximum absolute atomic E-state index is 2.28. The average Bonchev–Trinajstić information content (AvgIpc) is 0.722. The monoisotopic (exact) mass is 298 g/mol. The van der Waals surface area contributed by atoms with Crippen molar-refractivity contribution in [3.8, 4) is 0 Å². The van der Waals surface area contributed by atoms with Gasteiger partial charge >= 0.3 is 30.8 Å². The molecule has 0 bridgehead atoms. The SMILES string of the molecule is C1=[CH][GeH]=[CH]1.[W]. The van der Waals surface area contributed by atoms with Gasteiger partial charge < -0.3 is 0 Å². The maximum atomic E-state index is 2.28. The van der Waals surface area contributed by atoms with Crippen molar-refractivity contribution in [1.29, 1.82) is 0 Å². The van der Waals surface area contributed by atoms with Gasteiger partial charge in [0.2, 0.25) is 0 Å². The van der Waals surface area contributed by atoms with Crippen LogP contribution in [0.25, 0.3) is 0 Å². The van der Waals surface area contributed by atoms with Crippen LogP contribution in [-0.4, -0.2) is 19.8 Å². The molecule has 0 radical (unpaired) electrons. The first-order chi connectivity index (χ1) is 2.00. The molecule has 0 saturated carbocycles. The molecule has 0 N–H and O–H groups in total. The van der Waals surface area contributed by atoms with Crippen LogP contribution in [0.3, 0.4) is 0 Å². The van der Waals surface area contributed by atoms with Crippen LogP contribution in [-0.2, 0) is 21.1 Å². The average molecular weight is 297 g/mol. The van der Waals surface area contributed by atoms with Crippen molar-refractivity contribution in [2.45, 2.75) is 0 Å². The molecule has 0 spiro atoms. The molecule has 0 aromatic heterocycles. The molecule has 0 aliphatic carbocycles. The van der Waals surface area contributed by atoms with Gasteiger partial charge in [-0.1, -0.05) is 0 Å². The molecule has 0 aromatic carbocycles. The summed E-state index contributed by atoms with van der Waals surface area (Å²) >= 11 is 0.188. The van der Waals surface area contributed by atoms with Crippen molar-refractivity contribution < 1.29 is 21.1 Å². The third-order valence-electron chi connectivity index (χ3n) is 0.444. The van der Waals surface area contributed by atoms with Crippen LogP contribution < -0.4 is 0 Å². The summed E-state index contributed by atoms with van der Waals surface area (Å²) in [5.74, 6) is 0. The van der Waals surface area contributed by atoms with E-state index in [0.29, 0.717) is 0 Å². The molecule has 26 valence electrons. The Kier molecular flexibility index (Phi) is 3.56. The summed E-state index contributed by atoms with van der Waals surface area (Å²) in [4.78, 5) is 4.56. The van der Waals surface area contributed by atoms with Crippen molar-refractivity contribution in [2.24, 2.45) is 0 Å². The first-order valence-corrected chi connectivity index (χ1v) is 4.13. The molecular weight excluding hydrogens is 292 g/mol. The molecule has 1 heterocycles. The van der Waals surface area contributed by atoms with Crippen LogP contribution >= 0.6 is 0 Å². The predicted molar refractivity (Wildman–Crippen MR) is 22.4 cm³/mol. The topological polar surface area (TPSA) is 0 Å². The summed E-state index contributed by atoms with van der Waals surface area (Å²) < 4.78 is 0. The van der Waals surface area contributed by atoms with E-state index in [2.05, 4.69) is 15.8 Å². The Hall–Kier alpha value is 0.841. The van der Waals surface area contributed by atoms with Crippen LogP contribution in [0.5, 0.6) is 0 Å². The zero-order chi connectivity index (χ0) is 2.83. The molecule has 0 atom stereocenters. The predicted octanol–water partition coefficient (Wildman–Crippen LogP) is -0.250. The smallest absolute Gasteiger partial charge is 0 e. The van der Waals surface area contributed by atoms with E-state index in [1.54, 1.807) is 0 Å². The molecule has 5 heavy (non-hydrogen) atoms. The summed E-state index contributed by atoms with van der Waals surface area (Å²) in [5, 5.41) is 0. The first kappa shape index (κ1) is 5.84. The molecule has 0 nitrogen and oxygen atoms in total. The summed E-state index contributed by atoms with van der Waals surface area (Å²) in [6.45, 7) is 0. The van der Waals surface area contributed by atoms with Gasteiger partial charge in [-0.3, -0.25) is 0 Å². The molecule has 0 unspecified atom stereocenters. The van der Waals surface area contributed by atoms with Gasteiger partial charge in [0.25, 0.3) is 0 Å². The molecule has 1 aliphatic rings. The number of allylic oxidation sites excluding steroid dienone is 1. The van der Waals surface area contributed by atoms with Crippen LogP contribution in [0.1, 0.15) is 0 Å². The normalized spacial score (nSPS) is 12.8. The standard InChI is InChI=1S/C3H4Ge.W/c1-2-4-3-1;/h1-4H;. The Morgan fingerprint density at radius 1 is 1.40 bits per heavy atom. The van der Waals surface area contributed by atoms with E-state index in [1.165, 1.54) is 0 Å². The van der Waals surface area contributed by atoms with Crippen LogP contribution in [0.15, 0.2) is 11.0 Å². The summed E-state index contributed by atoms with van der Waals surface area (Å²) in [5.41, 5.74) is 0. The minimum Gasteiger partial charge on any atom is 0 e. The summed E-state index contributed by atoms with van der Waals surface area (Å²) in [6.07, 6.45) is 2.12. The maximum Gasteiger partial charge on any atom is 0 e. The van der Waals surface area contributed by atoms with Crippen LogP contribution in [0, 0.1) is 0 Å². The van der Waals surface area contributed by atoms with E-state index < -0.39 is 0 Å². The van der Waals surface area contributed by atoms with Crippen molar-refractivity contribution in [2.75, 3.05) is 0 Å². The zero-order valence-corrected chi connectivity index (χ0v) is 8.07. The second-order valence-electron chi connectivity index (χ2n) is 0.770. The minimum absolute atomic E-state index is 0. The zero-order valence-electron chi connectivity index (χ0n) is 2.72. The Balaban J connectivity index is 0.000000160. The molecular formula is C3H4GeW. The Bertz CT molecular complexity index is 47.3. The summed E-state index contributed by atoms with van der Waals surface area (Å²) in [6, 6.07) is 0. The first-order valence-electron chi connectivity index (χ1n) is 1.33. The van der Waals surface area contributed by atoms with E-state index >= 15 is 0 Å². The Morgan fingerprint density at radius 3 is 1.60 bits per heavy atom. The Labute approximate surface area is 51.9 Å². The molecule has 1 rings (SSSR count). The van der Waals surface area contributed by atoms with Gasteiger partial charge in [0.1, 0.15) is 0 Å². The van der Waals surface area contributed by atoms with Crippen molar-refractivity contribution in [3.63, 3.8) is 0 Å². The van der Waals surface area contributed by atoms with Crippen LogP contribution in [0.2, 0.25) is 0 Å². The second-order valence-corrected chi connectivity index (χ2v) is 3.19. The second kappa shape index (κ2) is 3.05. The van der Waals surface area contributed by atoms with E-state index in [-0.39, 0.29) is 36.1 Å². The molecule has 0 saturated heterocycles. The molecule has 0 fully saturated rings. The van der Waals surface area contributed by atoms with Crippen molar-refractivity contribution in [3.05, 3.63) is 11.0 Å². The van der Waals surface area contributed by atoms with Crippen molar-refractivity contribution >= 4 is 19.8 Å². The van der Waals surface area contributed by atoms with E-state index in [1.807, 2.05) is 0 Å². The quantitative estimate of drug-likeness (QED) is 0.541. The number of hydrogen-bond donors (Lipinski definition) is 0. The van der Waals surface area contributed by atoms with Gasteiger partial charge in [-0.2, -0.15) is 0 Å². The third kappa shape index (κ3) is 1.67. The van der Waals surface area contributed by atoms with Crippen molar-refractivity contribution in [1.82, 2.24) is 0 Å². The van der Waals surface area contributed by atoms with Gasteiger partial charge in [-0.15, -0.1) is 0 Å². The van der Waals surface area contributed by atoms with Gasteiger partial charge in [-0.05, 0) is 0 Å². The largest absolute Gasteiger partial charge is 0 e. The van der Waals surface area contributed by atoms with Gasteiger partial charge in [0.15, 0.2) is 0 Å². The molecule has 1 aliphatic heterocycles. The van der Waals surface area contributed by atoms with E-state index in [0.717, 1.165) is 0 Å². The molecule has 0 aromatic rings. The fraction of sp³-hybridized carbons (Fsp3) is 0. The number of rotatable bonds is 0. The van der Waals surface area contributed by atoms with Gasteiger partial charge in [-0.25, -0.2) is 0 Å². The fourth-order valence-electron chi connectivity index (χ4n) is 0.111. The minimum atomic E-state index is 0. The molecule has 2 heteroatoms. The fourth-order valence-corrected chi connectivity index (χ4v) is 0.577. The third-order valence-corrected chi connectivity index (χ3v) is 2.31. The van der Waals surface area contributed by atoms with E-state index in [9.17, 15) is 0 Å². The van der Waals surface area contributed by atoms with Gasteiger partial charge in [0, 0.05) is 21.1 Å². The number of hydrogen-bond acceptors (Lipinski definition) is 0. The molecule has 0 amide bonds. The summed E-state index contributed by atoms with van der Waals surface area (Å²) in [7, 11) is 0. The Morgan fingerprint density at radius 2 is 1.60 bits per heavy atom.